The number of aromatic nitrogens is 4. The van der Waals surface area contributed by atoms with Crippen LogP contribution in [0.4, 0.5) is 5.95 Å². The van der Waals surface area contributed by atoms with Gasteiger partial charge in [-0.05, 0) is 31.5 Å². The number of nitrogens with two attached hydrogens (primary N) is 1. The summed E-state index contributed by atoms with van der Waals surface area (Å²) in [6.45, 7) is 0.901. The number of ether oxygens (including phenoxy) is 1. The number of rotatable bonds is 5. The molecule has 1 aliphatic heterocycles. The van der Waals surface area contributed by atoms with Crippen molar-refractivity contribution in [3.63, 3.8) is 0 Å². The molecule has 3 heterocycles. The van der Waals surface area contributed by atoms with Crippen LogP contribution >= 0.6 is 0 Å². The quantitative estimate of drug-likeness (QED) is 0.580. The van der Waals surface area contributed by atoms with Gasteiger partial charge in [0.25, 0.3) is 5.91 Å². The van der Waals surface area contributed by atoms with Crippen LogP contribution in [0.1, 0.15) is 23.3 Å². The van der Waals surface area contributed by atoms with E-state index >= 15 is 0 Å². The number of carbonyl (C=O) groups excluding carboxylic acids is 1. The first-order valence-corrected chi connectivity index (χ1v) is 8.93. The molecule has 4 rings (SSSR count). The number of nitrogens with zero attached hydrogens (tertiary/aromatic N) is 4. The van der Waals surface area contributed by atoms with E-state index in [9.17, 15) is 9.59 Å². The molecule has 0 unspecified atom stereocenters. The standard InChI is InChI=1S/C18H21N7O3/c1-24(12-7-4-8-20-12)17-21-13(15(19)26)14-16(23-17)25(18(27)22-14)10-5-3-6-11(9-10)28-2/h3,5-6,9,12,20H,4,7-8H2,1-2H3,(H2,19,26)(H,22,27)/t12-/m1/s1. The van der Waals surface area contributed by atoms with Gasteiger partial charge in [0.15, 0.2) is 11.3 Å². The first-order chi connectivity index (χ1) is 13.5. The monoisotopic (exact) mass is 383 g/mol. The number of hydrogen-bond acceptors (Lipinski definition) is 7. The van der Waals surface area contributed by atoms with E-state index in [4.69, 9.17) is 10.5 Å². The minimum absolute atomic E-state index is 0.0245. The first kappa shape index (κ1) is 18.0. The Bertz CT molecular complexity index is 1100. The van der Waals surface area contributed by atoms with Crippen molar-refractivity contribution in [2.75, 3.05) is 25.6 Å². The largest absolute Gasteiger partial charge is 0.497 e. The van der Waals surface area contributed by atoms with Crippen molar-refractivity contribution >= 4 is 23.0 Å². The second-order valence-electron chi connectivity index (χ2n) is 6.63. The number of methoxy groups -OCH3 is 1. The number of fused-ring (bicyclic) bond motifs is 1. The molecule has 0 saturated carbocycles. The predicted molar refractivity (Wildman–Crippen MR) is 104 cm³/mol. The number of aromatic amines is 1. The summed E-state index contributed by atoms with van der Waals surface area (Å²) in [7, 11) is 3.39. The average Bonchev–Trinajstić information content (AvgIpc) is 3.33. The third kappa shape index (κ3) is 2.97. The van der Waals surface area contributed by atoms with E-state index in [0.29, 0.717) is 17.4 Å². The Hall–Kier alpha value is -3.40. The Morgan fingerprint density at radius 1 is 1.39 bits per heavy atom. The van der Waals surface area contributed by atoms with Crippen LogP contribution in [0.5, 0.6) is 5.75 Å². The highest BCUT2D eigenvalue weighted by molar-refractivity contribution is 6.02. The SMILES string of the molecule is COc1cccc(-n2c(=O)[nH]c3c(C(N)=O)nc(N(C)[C@@H]4CCCN4)nc32)c1. The van der Waals surface area contributed by atoms with Crippen LogP contribution in [0.15, 0.2) is 29.1 Å². The average molecular weight is 383 g/mol. The maximum absolute atomic E-state index is 12.7. The molecule has 146 valence electrons. The van der Waals surface area contributed by atoms with Crippen molar-refractivity contribution in [3.05, 3.63) is 40.4 Å². The number of anilines is 1. The highest BCUT2D eigenvalue weighted by Crippen LogP contribution is 2.23. The Kier molecular flexibility index (Phi) is 4.47. The van der Waals surface area contributed by atoms with E-state index in [1.165, 1.54) is 4.57 Å². The topological polar surface area (TPSA) is 131 Å². The van der Waals surface area contributed by atoms with E-state index in [0.717, 1.165) is 19.4 Å². The van der Waals surface area contributed by atoms with Gasteiger partial charge in [-0.1, -0.05) is 6.07 Å². The van der Waals surface area contributed by atoms with Gasteiger partial charge in [-0.3, -0.25) is 10.1 Å². The number of imidazole rings is 1. The molecule has 2 aromatic heterocycles. The summed E-state index contributed by atoms with van der Waals surface area (Å²) in [6, 6.07) is 7.01. The number of carbonyl (C=O) groups is 1. The van der Waals surface area contributed by atoms with Crippen molar-refractivity contribution in [1.82, 2.24) is 24.8 Å². The lowest BCUT2D eigenvalue weighted by molar-refractivity contribution is 0.0997. The molecule has 10 heteroatoms. The van der Waals surface area contributed by atoms with Gasteiger partial charge in [0.05, 0.1) is 19.0 Å². The van der Waals surface area contributed by atoms with Gasteiger partial charge in [0.1, 0.15) is 11.3 Å². The van der Waals surface area contributed by atoms with E-state index < -0.39 is 11.6 Å². The molecule has 1 atom stereocenters. The summed E-state index contributed by atoms with van der Waals surface area (Å²) in [5.41, 5.74) is 6.10. The summed E-state index contributed by atoms with van der Waals surface area (Å²) in [6.07, 6.45) is 2.02. The van der Waals surface area contributed by atoms with Gasteiger partial charge in [0.2, 0.25) is 5.95 Å². The molecular weight excluding hydrogens is 362 g/mol. The van der Waals surface area contributed by atoms with E-state index in [1.807, 2.05) is 11.9 Å². The minimum atomic E-state index is -0.736. The van der Waals surface area contributed by atoms with Crippen molar-refractivity contribution in [1.29, 1.82) is 0 Å². The Balaban J connectivity index is 1.94. The fourth-order valence-corrected chi connectivity index (χ4v) is 3.43. The fraction of sp³-hybridized carbons (Fsp3) is 0.333. The van der Waals surface area contributed by atoms with Gasteiger partial charge in [-0.2, -0.15) is 4.98 Å². The van der Waals surface area contributed by atoms with Gasteiger partial charge in [-0.15, -0.1) is 0 Å². The second-order valence-corrected chi connectivity index (χ2v) is 6.63. The summed E-state index contributed by atoms with van der Waals surface area (Å²) < 4.78 is 6.63. The van der Waals surface area contributed by atoms with Crippen molar-refractivity contribution in [2.45, 2.75) is 19.0 Å². The van der Waals surface area contributed by atoms with Gasteiger partial charge < -0.3 is 20.4 Å². The van der Waals surface area contributed by atoms with E-state index in [-0.39, 0.29) is 23.0 Å². The maximum atomic E-state index is 12.7. The summed E-state index contributed by atoms with van der Waals surface area (Å²) >= 11 is 0. The van der Waals surface area contributed by atoms with E-state index in [2.05, 4.69) is 20.3 Å². The highest BCUT2D eigenvalue weighted by atomic mass is 16.5. The number of hydrogen-bond donors (Lipinski definition) is 3. The van der Waals surface area contributed by atoms with Crippen LogP contribution in [0, 0.1) is 0 Å². The summed E-state index contributed by atoms with van der Waals surface area (Å²) in [5, 5.41) is 3.36. The molecule has 10 nitrogen and oxygen atoms in total. The Labute approximate surface area is 160 Å². The summed E-state index contributed by atoms with van der Waals surface area (Å²) in [5.74, 6) is 0.173. The lowest BCUT2D eigenvalue weighted by atomic mass is 10.3. The molecule has 1 aliphatic rings. The number of amides is 1. The lowest BCUT2D eigenvalue weighted by Gasteiger charge is -2.24. The zero-order valence-corrected chi connectivity index (χ0v) is 15.6. The van der Waals surface area contributed by atoms with Crippen LogP contribution in [-0.4, -0.2) is 52.3 Å². The molecule has 1 saturated heterocycles. The van der Waals surface area contributed by atoms with Crippen LogP contribution in [0.2, 0.25) is 0 Å². The number of H-pyrrole nitrogens is 1. The molecule has 28 heavy (non-hydrogen) atoms. The smallest absolute Gasteiger partial charge is 0.332 e. The van der Waals surface area contributed by atoms with Crippen molar-refractivity contribution in [3.8, 4) is 11.4 Å². The molecule has 0 bridgehead atoms. The van der Waals surface area contributed by atoms with Gasteiger partial charge in [0, 0.05) is 13.1 Å². The normalized spacial score (nSPS) is 16.4. The molecule has 0 aliphatic carbocycles. The molecule has 1 aromatic carbocycles. The Morgan fingerprint density at radius 3 is 2.89 bits per heavy atom. The van der Waals surface area contributed by atoms with Gasteiger partial charge >= 0.3 is 5.69 Å². The molecule has 1 amide bonds. The number of nitrogens with one attached hydrogen (secondary N) is 2. The molecule has 3 aromatic rings. The fourth-order valence-electron chi connectivity index (χ4n) is 3.43. The van der Waals surface area contributed by atoms with Crippen LogP contribution in [0.25, 0.3) is 16.9 Å². The molecule has 1 fully saturated rings. The first-order valence-electron chi connectivity index (χ1n) is 8.93. The molecular formula is C18H21N7O3. The zero-order valence-electron chi connectivity index (χ0n) is 15.6. The minimum Gasteiger partial charge on any atom is -0.497 e. The predicted octanol–water partition coefficient (Wildman–Crippen LogP) is 0.362. The molecule has 0 radical (unpaired) electrons. The third-order valence-electron chi connectivity index (χ3n) is 4.89. The molecule has 0 spiro atoms. The van der Waals surface area contributed by atoms with Gasteiger partial charge in [-0.25, -0.2) is 14.3 Å². The maximum Gasteiger partial charge on any atom is 0.332 e. The Morgan fingerprint density at radius 2 is 2.21 bits per heavy atom. The lowest BCUT2D eigenvalue weighted by Crippen LogP contribution is -2.40. The van der Waals surface area contributed by atoms with Crippen LogP contribution in [-0.2, 0) is 0 Å². The van der Waals surface area contributed by atoms with Crippen LogP contribution < -0.4 is 26.4 Å². The second kappa shape index (κ2) is 6.97. The van der Waals surface area contributed by atoms with Crippen LogP contribution in [0.3, 0.4) is 0 Å². The number of benzene rings is 1. The number of primary amides is 1. The van der Waals surface area contributed by atoms with Crippen molar-refractivity contribution < 1.29 is 9.53 Å². The zero-order chi connectivity index (χ0) is 19.8. The molecule has 4 N–H and O–H groups in total. The van der Waals surface area contributed by atoms with Crippen molar-refractivity contribution in [2.24, 2.45) is 5.73 Å². The third-order valence-corrected chi connectivity index (χ3v) is 4.89. The summed E-state index contributed by atoms with van der Waals surface area (Å²) in [4.78, 5) is 38.1. The van der Waals surface area contributed by atoms with E-state index in [1.54, 1.807) is 31.4 Å². The highest BCUT2D eigenvalue weighted by Gasteiger charge is 2.25.